The van der Waals surface area contributed by atoms with Crippen molar-refractivity contribution in [2.75, 3.05) is 19.5 Å². The molecule has 0 atom stereocenters. The Morgan fingerprint density at radius 2 is 1.79 bits per heavy atom. The average Bonchev–Trinajstić information content (AvgIpc) is 3.17. The molecule has 1 N–H and O–H groups in total. The zero-order valence-electron chi connectivity index (χ0n) is 16.2. The van der Waals surface area contributed by atoms with Crippen molar-refractivity contribution >= 4 is 22.8 Å². The topological polar surface area (TPSA) is 91.2 Å². The van der Waals surface area contributed by atoms with Gasteiger partial charge in [-0.15, -0.1) is 5.10 Å². The Bertz CT molecular complexity index is 1180. The zero-order valence-corrected chi connectivity index (χ0v) is 16.2. The number of hydrogen-bond donors (Lipinski definition) is 1. The average molecular weight is 389 g/mol. The summed E-state index contributed by atoms with van der Waals surface area (Å²) in [6, 6.07) is 14.2. The number of hydrogen-bond acceptors (Lipinski definition) is 6. The standard InChI is InChI=1S/C21H19N5O3/c1-13-9-14(21(27)23-15-10-16(28-2)12-17(11-15)29-3)6-7-19(13)26-20-18(24-25-26)5-4-8-22-20/h4-12H,1-3H3,(H,23,27). The molecule has 0 fully saturated rings. The highest BCUT2D eigenvalue weighted by atomic mass is 16.5. The van der Waals surface area contributed by atoms with Crippen LogP contribution in [0.25, 0.3) is 16.9 Å². The second kappa shape index (κ2) is 7.59. The van der Waals surface area contributed by atoms with Crippen LogP contribution in [0.2, 0.25) is 0 Å². The SMILES string of the molecule is COc1cc(NC(=O)c2ccc(-n3nnc4cccnc43)c(C)c2)cc(OC)c1. The Hall–Kier alpha value is -3.94. The number of nitrogens with zero attached hydrogens (tertiary/aromatic N) is 4. The highest BCUT2D eigenvalue weighted by molar-refractivity contribution is 6.04. The van der Waals surface area contributed by atoms with Crippen LogP contribution in [0.15, 0.2) is 54.7 Å². The number of aryl methyl sites for hydroxylation is 1. The van der Waals surface area contributed by atoms with Gasteiger partial charge in [0.25, 0.3) is 5.91 Å². The molecule has 0 aliphatic heterocycles. The molecule has 4 rings (SSSR count). The quantitative estimate of drug-likeness (QED) is 0.563. The third-order valence-corrected chi connectivity index (χ3v) is 4.51. The lowest BCUT2D eigenvalue weighted by Crippen LogP contribution is -2.13. The van der Waals surface area contributed by atoms with Gasteiger partial charge in [-0.2, -0.15) is 4.68 Å². The van der Waals surface area contributed by atoms with E-state index in [-0.39, 0.29) is 5.91 Å². The van der Waals surface area contributed by atoms with Gasteiger partial charge in [-0.3, -0.25) is 4.79 Å². The summed E-state index contributed by atoms with van der Waals surface area (Å²) >= 11 is 0. The zero-order chi connectivity index (χ0) is 20.4. The van der Waals surface area contributed by atoms with Gasteiger partial charge >= 0.3 is 0 Å². The Labute approximate surface area is 167 Å². The van der Waals surface area contributed by atoms with E-state index in [9.17, 15) is 4.79 Å². The summed E-state index contributed by atoms with van der Waals surface area (Å²) in [6.45, 7) is 1.91. The minimum Gasteiger partial charge on any atom is -0.497 e. The summed E-state index contributed by atoms with van der Waals surface area (Å²) in [6.07, 6.45) is 1.70. The van der Waals surface area contributed by atoms with E-state index in [0.717, 1.165) is 11.3 Å². The Morgan fingerprint density at radius 3 is 2.48 bits per heavy atom. The molecule has 0 saturated carbocycles. The summed E-state index contributed by atoms with van der Waals surface area (Å²) in [5, 5.41) is 11.2. The van der Waals surface area contributed by atoms with Gasteiger partial charge in [0.1, 0.15) is 17.0 Å². The van der Waals surface area contributed by atoms with Crippen LogP contribution in [-0.4, -0.2) is 40.1 Å². The monoisotopic (exact) mass is 389 g/mol. The summed E-state index contributed by atoms with van der Waals surface area (Å²) in [5.41, 5.74) is 4.16. The fourth-order valence-electron chi connectivity index (χ4n) is 3.04. The van der Waals surface area contributed by atoms with Crippen molar-refractivity contribution in [3.63, 3.8) is 0 Å². The van der Waals surface area contributed by atoms with Gasteiger partial charge in [-0.05, 0) is 42.8 Å². The number of rotatable bonds is 5. The van der Waals surface area contributed by atoms with Crippen LogP contribution in [0.3, 0.4) is 0 Å². The first kappa shape index (κ1) is 18.4. The molecule has 0 bridgehead atoms. The molecule has 2 heterocycles. The lowest BCUT2D eigenvalue weighted by molar-refractivity contribution is 0.102. The number of ether oxygens (including phenoxy) is 2. The number of carbonyl (C=O) groups is 1. The first-order chi connectivity index (χ1) is 14.1. The van der Waals surface area contributed by atoms with Crippen molar-refractivity contribution in [1.29, 1.82) is 0 Å². The molecule has 29 heavy (non-hydrogen) atoms. The molecule has 2 aromatic carbocycles. The van der Waals surface area contributed by atoms with E-state index in [4.69, 9.17) is 9.47 Å². The molecular formula is C21H19N5O3. The summed E-state index contributed by atoms with van der Waals surface area (Å²) in [7, 11) is 3.12. The molecule has 0 spiro atoms. The van der Waals surface area contributed by atoms with Gasteiger partial charge in [0.2, 0.25) is 0 Å². The molecular weight excluding hydrogens is 370 g/mol. The first-order valence-electron chi connectivity index (χ1n) is 8.91. The van der Waals surface area contributed by atoms with E-state index in [1.54, 1.807) is 55.4 Å². The van der Waals surface area contributed by atoms with Crippen molar-refractivity contribution in [1.82, 2.24) is 20.0 Å². The van der Waals surface area contributed by atoms with Crippen LogP contribution >= 0.6 is 0 Å². The number of nitrogens with one attached hydrogen (secondary N) is 1. The molecule has 0 radical (unpaired) electrons. The smallest absolute Gasteiger partial charge is 0.255 e. The second-order valence-corrected chi connectivity index (χ2v) is 6.40. The largest absolute Gasteiger partial charge is 0.497 e. The maximum Gasteiger partial charge on any atom is 0.255 e. The Kier molecular flexibility index (Phi) is 4.82. The molecule has 8 heteroatoms. The number of benzene rings is 2. The Balaban J connectivity index is 1.62. The van der Waals surface area contributed by atoms with Gasteiger partial charge < -0.3 is 14.8 Å². The summed E-state index contributed by atoms with van der Waals surface area (Å²) < 4.78 is 12.2. The minimum atomic E-state index is -0.239. The predicted molar refractivity (Wildman–Crippen MR) is 109 cm³/mol. The number of fused-ring (bicyclic) bond motifs is 1. The van der Waals surface area contributed by atoms with E-state index >= 15 is 0 Å². The van der Waals surface area contributed by atoms with Crippen molar-refractivity contribution < 1.29 is 14.3 Å². The van der Waals surface area contributed by atoms with Crippen LogP contribution in [0.1, 0.15) is 15.9 Å². The lowest BCUT2D eigenvalue weighted by atomic mass is 10.1. The fraction of sp³-hybridized carbons (Fsp3) is 0.143. The van der Waals surface area contributed by atoms with Crippen LogP contribution in [0.5, 0.6) is 11.5 Å². The van der Waals surface area contributed by atoms with Crippen LogP contribution < -0.4 is 14.8 Å². The number of pyridine rings is 1. The van der Waals surface area contributed by atoms with Gasteiger partial charge in [0, 0.05) is 35.6 Å². The second-order valence-electron chi connectivity index (χ2n) is 6.40. The highest BCUT2D eigenvalue weighted by Crippen LogP contribution is 2.26. The van der Waals surface area contributed by atoms with Crippen LogP contribution in [0, 0.1) is 6.92 Å². The maximum absolute atomic E-state index is 12.7. The van der Waals surface area contributed by atoms with Crippen LogP contribution in [0.4, 0.5) is 5.69 Å². The Morgan fingerprint density at radius 1 is 1.03 bits per heavy atom. The number of methoxy groups -OCH3 is 2. The van der Waals surface area contributed by atoms with Gasteiger partial charge in [0.05, 0.1) is 19.9 Å². The van der Waals surface area contributed by atoms with Crippen molar-refractivity contribution in [2.45, 2.75) is 6.92 Å². The van der Waals surface area contributed by atoms with Gasteiger partial charge in [0.15, 0.2) is 5.65 Å². The molecule has 0 aliphatic rings. The minimum absolute atomic E-state index is 0.239. The predicted octanol–water partition coefficient (Wildman–Crippen LogP) is 3.39. The number of anilines is 1. The van der Waals surface area contributed by atoms with E-state index in [1.165, 1.54) is 0 Å². The third-order valence-electron chi connectivity index (χ3n) is 4.51. The number of amides is 1. The molecule has 0 aliphatic carbocycles. The summed E-state index contributed by atoms with van der Waals surface area (Å²) in [5.74, 6) is 0.949. The third kappa shape index (κ3) is 3.60. The van der Waals surface area contributed by atoms with Gasteiger partial charge in [-0.1, -0.05) is 5.21 Å². The number of carbonyl (C=O) groups excluding carboxylic acids is 1. The van der Waals surface area contributed by atoms with E-state index in [1.807, 2.05) is 25.1 Å². The lowest BCUT2D eigenvalue weighted by Gasteiger charge is -2.11. The maximum atomic E-state index is 12.7. The molecule has 2 aromatic heterocycles. The molecule has 146 valence electrons. The van der Waals surface area contributed by atoms with E-state index < -0.39 is 0 Å². The van der Waals surface area contributed by atoms with E-state index in [2.05, 4.69) is 20.6 Å². The highest BCUT2D eigenvalue weighted by Gasteiger charge is 2.13. The summed E-state index contributed by atoms with van der Waals surface area (Å²) in [4.78, 5) is 17.1. The van der Waals surface area contributed by atoms with Crippen molar-refractivity contribution in [3.05, 3.63) is 65.9 Å². The van der Waals surface area contributed by atoms with Gasteiger partial charge in [-0.25, -0.2) is 4.98 Å². The first-order valence-corrected chi connectivity index (χ1v) is 8.91. The van der Waals surface area contributed by atoms with E-state index in [0.29, 0.717) is 33.9 Å². The van der Waals surface area contributed by atoms with Crippen molar-refractivity contribution in [3.8, 4) is 17.2 Å². The molecule has 0 saturated heterocycles. The molecule has 1 amide bonds. The molecule has 0 unspecified atom stereocenters. The normalized spacial score (nSPS) is 10.7. The fourth-order valence-corrected chi connectivity index (χ4v) is 3.04. The molecule has 4 aromatic rings. The van der Waals surface area contributed by atoms with Crippen molar-refractivity contribution in [2.24, 2.45) is 0 Å². The van der Waals surface area contributed by atoms with Crippen LogP contribution in [-0.2, 0) is 0 Å². The molecule has 8 nitrogen and oxygen atoms in total. The number of aromatic nitrogens is 4.